The number of aromatic nitrogens is 2. The monoisotopic (exact) mass is 161 g/mol. The summed E-state index contributed by atoms with van der Waals surface area (Å²) in [5, 5.41) is 0.292. The first-order chi connectivity index (χ1) is 4.61. The first-order valence-corrected chi connectivity index (χ1v) is 3.22. The van der Waals surface area contributed by atoms with Crippen LogP contribution in [0.1, 0.15) is 18.7 Å². The SMILES string of the molecule is CC(N)c1[nH]c(=O)[nH]c1Cl. The van der Waals surface area contributed by atoms with Crippen molar-refractivity contribution in [2.45, 2.75) is 13.0 Å². The Morgan fingerprint density at radius 1 is 1.60 bits per heavy atom. The fraction of sp³-hybridized carbons (Fsp3) is 0.400. The summed E-state index contributed by atoms with van der Waals surface area (Å²) in [5.41, 5.74) is 5.68. The van der Waals surface area contributed by atoms with E-state index in [4.69, 9.17) is 17.3 Å². The number of aromatic amines is 2. The van der Waals surface area contributed by atoms with Crippen molar-refractivity contribution < 1.29 is 0 Å². The molecule has 0 bridgehead atoms. The molecular weight excluding hydrogens is 154 g/mol. The van der Waals surface area contributed by atoms with Crippen molar-refractivity contribution in [2.75, 3.05) is 0 Å². The summed E-state index contributed by atoms with van der Waals surface area (Å²) in [6, 6.07) is -0.244. The summed E-state index contributed by atoms with van der Waals surface area (Å²) in [7, 11) is 0. The van der Waals surface area contributed by atoms with Crippen LogP contribution >= 0.6 is 11.6 Å². The normalized spacial score (nSPS) is 13.5. The molecule has 0 aliphatic rings. The topological polar surface area (TPSA) is 74.7 Å². The number of halogens is 1. The van der Waals surface area contributed by atoms with Gasteiger partial charge >= 0.3 is 5.69 Å². The summed E-state index contributed by atoms with van der Waals surface area (Å²) in [6.45, 7) is 1.74. The molecule has 0 aromatic carbocycles. The lowest BCUT2D eigenvalue weighted by Gasteiger charge is -1.99. The van der Waals surface area contributed by atoms with E-state index < -0.39 is 0 Å². The number of imidazole rings is 1. The molecule has 1 unspecified atom stereocenters. The number of nitrogens with two attached hydrogens (primary N) is 1. The van der Waals surface area contributed by atoms with Crippen molar-refractivity contribution in [3.8, 4) is 0 Å². The number of rotatable bonds is 1. The number of hydrogen-bond acceptors (Lipinski definition) is 2. The maximum Gasteiger partial charge on any atom is 0.324 e. The van der Waals surface area contributed by atoms with Gasteiger partial charge in [-0.1, -0.05) is 11.6 Å². The van der Waals surface area contributed by atoms with Gasteiger partial charge in [0.05, 0.1) is 5.69 Å². The molecule has 0 spiro atoms. The zero-order valence-electron chi connectivity index (χ0n) is 5.44. The van der Waals surface area contributed by atoms with Crippen molar-refractivity contribution in [2.24, 2.45) is 5.73 Å². The Kier molecular flexibility index (Phi) is 1.82. The summed E-state index contributed by atoms with van der Waals surface area (Å²) >= 11 is 5.57. The highest BCUT2D eigenvalue weighted by Gasteiger charge is 2.07. The van der Waals surface area contributed by atoms with E-state index in [0.717, 1.165) is 0 Å². The average Bonchev–Trinajstić information content (AvgIpc) is 2.10. The van der Waals surface area contributed by atoms with Gasteiger partial charge in [-0.2, -0.15) is 0 Å². The third kappa shape index (κ3) is 1.22. The maximum atomic E-state index is 10.6. The molecule has 1 aromatic heterocycles. The summed E-state index contributed by atoms with van der Waals surface area (Å²) in [5.74, 6) is 0. The molecule has 0 radical (unpaired) electrons. The van der Waals surface area contributed by atoms with E-state index in [1.165, 1.54) is 0 Å². The molecule has 10 heavy (non-hydrogen) atoms. The highest BCUT2D eigenvalue weighted by atomic mass is 35.5. The lowest BCUT2D eigenvalue weighted by atomic mass is 10.3. The van der Waals surface area contributed by atoms with E-state index >= 15 is 0 Å². The van der Waals surface area contributed by atoms with Crippen LogP contribution in [0.15, 0.2) is 4.79 Å². The minimum atomic E-state index is -0.322. The van der Waals surface area contributed by atoms with Crippen LogP contribution < -0.4 is 11.4 Å². The van der Waals surface area contributed by atoms with Crippen LogP contribution in [-0.4, -0.2) is 9.97 Å². The second-order valence-electron chi connectivity index (χ2n) is 2.10. The zero-order valence-corrected chi connectivity index (χ0v) is 6.20. The Morgan fingerprint density at radius 2 is 2.20 bits per heavy atom. The lowest BCUT2D eigenvalue weighted by molar-refractivity contribution is 0.786. The number of hydrogen-bond donors (Lipinski definition) is 3. The molecule has 1 rings (SSSR count). The summed E-state index contributed by atoms with van der Waals surface area (Å²) < 4.78 is 0. The zero-order chi connectivity index (χ0) is 7.72. The second kappa shape index (κ2) is 2.48. The molecule has 4 N–H and O–H groups in total. The molecule has 1 aromatic rings. The first kappa shape index (κ1) is 7.37. The van der Waals surface area contributed by atoms with E-state index in [-0.39, 0.29) is 11.7 Å². The average molecular weight is 162 g/mol. The highest BCUT2D eigenvalue weighted by molar-refractivity contribution is 6.30. The lowest BCUT2D eigenvalue weighted by Crippen LogP contribution is -2.08. The molecule has 0 amide bonds. The minimum Gasteiger partial charge on any atom is -0.323 e. The van der Waals surface area contributed by atoms with Crippen LogP contribution in [-0.2, 0) is 0 Å². The van der Waals surface area contributed by atoms with Crippen LogP contribution in [0.5, 0.6) is 0 Å². The summed E-state index contributed by atoms with van der Waals surface area (Å²) in [4.78, 5) is 15.4. The molecule has 0 aliphatic carbocycles. The van der Waals surface area contributed by atoms with Crippen molar-refractivity contribution >= 4 is 11.6 Å². The third-order valence-electron chi connectivity index (χ3n) is 1.16. The van der Waals surface area contributed by atoms with Gasteiger partial charge in [-0.05, 0) is 6.92 Å². The molecule has 1 atom stereocenters. The van der Waals surface area contributed by atoms with Gasteiger partial charge in [-0.25, -0.2) is 4.79 Å². The van der Waals surface area contributed by atoms with E-state index in [9.17, 15) is 4.79 Å². The van der Waals surface area contributed by atoms with Gasteiger partial charge in [0.25, 0.3) is 0 Å². The van der Waals surface area contributed by atoms with Crippen LogP contribution in [0, 0.1) is 0 Å². The smallest absolute Gasteiger partial charge is 0.323 e. The fourth-order valence-electron chi connectivity index (χ4n) is 0.689. The van der Waals surface area contributed by atoms with Gasteiger partial charge < -0.3 is 10.7 Å². The Labute approximate surface area is 62.4 Å². The van der Waals surface area contributed by atoms with E-state index in [2.05, 4.69) is 9.97 Å². The van der Waals surface area contributed by atoms with E-state index in [0.29, 0.717) is 10.8 Å². The van der Waals surface area contributed by atoms with Crippen LogP contribution in [0.3, 0.4) is 0 Å². The Bertz CT molecular complexity index is 275. The largest absolute Gasteiger partial charge is 0.324 e. The molecule has 4 nitrogen and oxygen atoms in total. The van der Waals surface area contributed by atoms with Gasteiger partial charge in [0, 0.05) is 6.04 Å². The Balaban J connectivity index is 3.15. The third-order valence-corrected chi connectivity index (χ3v) is 1.46. The maximum absolute atomic E-state index is 10.6. The van der Waals surface area contributed by atoms with Gasteiger partial charge in [0.2, 0.25) is 0 Å². The second-order valence-corrected chi connectivity index (χ2v) is 2.47. The molecular formula is C5H8ClN3O. The molecule has 0 saturated carbocycles. The fourth-order valence-corrected chi connectivity index (χ4v) is 0.994. The van der Waals surface area contributed by atoms with Crippen molar-refractivity contribution in [1.29, 1.82) is 0 Å². The quantitative estimate of drug-likeness (QED) is 0.557. The number of nitrogens with one attached hydrogen (secondary N) is 2. The molecule has 5 heteroatoms. The first-order valence-electron chi connectivity index (χ1n) is 2.84. The van der Waals surface area contributed by atoms with Crippen molar-refractivity contribution in [3.05, 3.63) is 21.3 Å². The predicted octanol–water partition coefficient (Wildman–Crippen LogP) is 0.376. The van der Waals surface area contributed by atoms with Gasteiger partial charge in [0.15, 0.2) is 0 Å². The standard InChI is InChI=1S/C5H8ClN3O/c1-2(7)3-4(6)9-5(10)8-3/h2H,7H2,1H3,(H2,8,9,10). The van der Waals surface area contributed by atoms with Crippen LogP contribution in [0.25, 0.3) is 0 Å². The van der Waals surface area contributed by atoms with E-state index in [1.807, 2.05) is 0 Å². The van der Waals surface area contributed by atoms with E-state index in [1.54, 1.807) is 6.92 Å². The minimum absolute atomic E-state index is 0.244. The molecule has 1 heterocycles. The van der Waals surface area contributed by atoms with Gasteiger partial charge in [-0.15, -0.1) is 0 Å². The predicted molar refractivity (Wildman–Crippen MR) is 39.0 cm³/mol. The Morgan fingerprint density at radius 3 is 2.40 bits per heavy atom. The van der Waals surface area contributed by atoms with Gasteiger partial charge in [-0.3, -0.25) is 4.98 Å². The van der Waals surface area contributed by atoms with Crippen LogP contribution in [0.2, 0.25) is 5.15 Å². The Hall–Kier alpha value is -0.740. The van der Waals surface area contributed by atoms with Crippen molar-refractivity contribution in [3.63, 3.8) is 0 Å². The number of H-pyrrole nitrogens is 2. The molecule has 56 valence electrons. The summed E-state index contributed by atoms with van der Waals surface area (Å²) in [6.07, 6.45) is 0. The molecule has 0 saturated heterocycles. The van der Waals surface area contributed by atoms with Crippen LogP contribution in [0.4, 0.5) is 0 Å². The molecule has 0 aliphatic heterocycles. The highest BCUT2D eigenvalue weighted by Crippen LogP contribution is 2.13. The van der Waals surface area contributed by atoms with Gasteiger partial charge in [0.1, 0.15) is 5.15 Å². The molecule has 0 fully saturated rings. The van der Waals surface area contributed by atoms with Crippen molar-refractivity contribution in [1.82, 2.24) is 9.97 Å².